The molecule has 0 bridgehead atoms. The highest BCUT2D eigenvalue weighted by Gasteiger charge is 2.23. The first kappa shape index (κ1) is 16.8. The first-order valence-electron chi connectivity index (χ1n) is 6.92. The van der Waals surface area contributed by atoms with Gasteiger partial charge in [-0.1, -0.05) is 11.6 Å². The molecule has 1 fully saturated rings. The van der Waals surface area contributed by atoms with E-state index in [9.17, 15) is 19.7 Å². The van der Waals surface area contributed by atoms with E-state index in [1.165, 1.54) is 17.0 Å². The molecule has 0 radical (unpaired) electrons. The van der Waals surface area contributed by atoms with Crippen molar-refractivity contribution in [2.45, 2.75) is 18.9 Å². The molecule has 1 aliphatic heterocycles. The Balaban J connectivity index is 1.94. The summed E-state index contributed by atoms with van der Waals surface area (Å²) in [7, 11) is 0. The van der Waals surface area contributed by atoms with Crippen molar-refractivity contribution in [3.63, 3.8) is 0 Å². The Labute approximate surface area is 136 Å². The summed E-state index contributed by atoms with van der Waals surface area (Å²) < 4.78 is 0. The molecule has 0 spiro atoms. The van der Waals surface area contributed by atoms with Gasteiger partial charge in [0.05, 0.1) is 15.6 Å². The van der Waals surface area contributed by atoms with Crippen LogP contribution in [0.1, 0.15) is 12.8 Å². The number of carbonyl (C=O) groups excluding carboxylic acids is 2. The molecule has 1 heterocycles. The summed E-state index contributed by atoms with van der Waals surface area (Å²) in [6.45, 7) is 0.917. The van der Waals surface area contributed by atoms with Crippen molar-refractivity contribution in [3.05, 3.63) is 33.3 Å². The lowest BCUT2D eigenvalue weighted by molar-refractivity contribution is -0.384. The minimum absolute atomic E-state index is 0.0664. The number of benzene rings is 1. The SMILES string of the molecule is NC(=O)N1CCC[C@H](NC(=O)Nc2ccc([N+](=O)[O-])cc2Cl)C1. The smallest absolute Gasteiger partial charge is 0.319 e. The van der Waals surface area contributed by atoms with Crippen LogP contribution >= 0.6 is 11.6 Å². The Kier molecular flexibility index (Phi) is 5.22. The molecule has 1 aromatic rings. The number of likely N-dealkylation sites (tertiary alicyclic amines) is 1. The fourth-order valence-corrected chi connectivity index (χ4v) is 2.58. The van der Waals surface area contributed by atoms with Gasteiger partial charge in [0.1, 0.15) is 0 Å². The van der Waals surface area contributed by atoms with Crippen LogP contribution in [0.2, 0.25) is 5.02 Å². The number of hydrogen-bond donors (Lipinski definition) is 3. The largest absolute Gasteiger partial charge is 0.351 e. The second kappa shape index (κ2) is 7.14. The lowest BCUT2D eigenvalue weighted by atomic mass is 10.1. The predicted molar refractivity (Wildman–Crippen MR) is 84.4 cm³/mol. The van der Waals surface area contributed by atoms with Gasteiger partial charge in [0.15, 0.2) is 0 Å². The number of nitro benzene ring substituents is 1. The zero-order valence-corrected chi connectivity index (χ0v) is 12.9. The molecule has 1 atom stereocenters. The van der Waals surface area contributed by atoms with Crippen LogP contribution in [0.15, 0.2) is 18.2 Å². The quantitative estimate of drug-likeness (QED) is 0.572. The highest BCUT2D eigenvalue weighted by Crippen LogP contribution is 2.26. The van der Waals surface area contributed by atoms with E-state index in [-0.39, 0.29) is 22.4 Å². The van der Waals surface area contributed by atoms with Crippen molar-refractivity contribution in [2.75, 3.05) is 18.4 Å². The van der Waals surface area contributed by atoms with E-state index in [4.69, 9.17) is 17.3 Å². The number of non-ortho nitro benzene ring substituents is 1. The molecule has 1 aromatic carbocycles. The minimum Gasteiger partial charge on any atom is -0.351 e. The van der Waals surface area contributed by atoms with Crippen LogP contribution in [0.4, 0.5) is 21.0 Å². The number of anilines is 1. The summed E-state index contributed by atoms with van der Waals surface area (Å²) in [5.41, 5.74) is 5.33. The second-order valence-electron chi connectivity index (χ2n) is 5.14. The number of primary amides is 1. The highest BCUT2D eigenvalue weighted by atomic mass is 35.5. The molecule has 2 rings (SSSR count). The van der Waals surface area contributed by atoms with Crippen molar-refractivity contribution in [1.29, 1.82) is 0 Å². The van der Waals surface area contributed by atoms with Crippen molar-refractivity contribution in [3.8, 4) is 0 Å². The highest BCUT2D eigenvalue weighted by molar-refractivity contribution is 6.33. The molecular weight excluding hydrogens is 326 g/mol. The number of rotatable bonds is 3. The Morgan fingerprint density at radius 1 is 1.43 bits per heavy atom. The van der Waals surface area contributed by atoms with Gasteiger partial charge in [-0.2, -0.15) is 0 Å². The van der Waals surface area contributed by atoms with Crippen molar-refractivity contribution < 1.29 is 14.5 Å². The van der Waals surface area contributed by atoms with Crippen LogP contribution in [0.5, 0.6) is 0 Å². The molecular formula is C13H16ClN5O4. The number of piperidine rings is 1. The van der Waals surface area contributed by atoms with Crippen molar-refractivity contribution >= 4 is 35.0 Å². The maximum Gasteiger partial charge on any atom is 0.319 e. The first-order chi connectivity index (χ1) is 10.9. The van der Waals surface area contributed by atoms with Gasteiger partial charge in [0, 0.05) is 31.3 Å². The second-order valence-corrected chi connectivity index (χ2v) is 5.55. The van der Waals surface area contributed by atoms with Gasteiger partial charge in [-0.15, -0.1) is 0 Å². The zero-order valence-electron chi connectivity index (χ0n) is 12.1. The lowest BCUT2D eigenvalue weighted by Gasteiger charge is -2.31. The molecule has 4 amide bonds. The summed E-state index contributed by atoms with van der Waals surface area (Å²) in [6.07, 6.45) is 1.47. The molecule has 4 N–H and O–H groups in total. The maximum atomic E-state index is 12.0. The minimum atomic E-state index is -0.573. The Hall–Kier alpha value is -2.55. The number of halogens is 1. The monoisotopic (exact) mass is 341 g/mol. The van der Waals surface area contributed by atoms with Gasteiger partial charge in [0.2, 0.25) is 0 Å². The average molecular weight is 342 g/mol. The number of nitro groups is 1. The fraction of sp³-hybridized carbons (Fsp3) is 0.385. The summed E-state index contributed by atoms with van der Waals surface area (Å²) in [4.78, 5) is 34.7. The molecule has 1 aliphatic rings. The summed E-state index contributed by atoms with van der Waals surface area (Å²) >= 11 is 5.91. The Bertz CT molecular complexity index is 639. The first-order valence-corrected chi connectivity index (χ1v) is 7.30. The van der Waals surface area contributed by atoms with Crippen LogP contribution in [-0.4, -0.2) is 41.0 Å². The van der Waals surface area contributed by atoms with E-state index in [2.05, 4.69) is 10.6 Å². The van der Waals surface area contributed by atoms with Gasteiger partial charge in [-0.3, -0.25) is 10.1 Å². The van der Waals surface area contributed by atoms with Gasteiger partial charge in [0.25, 0.3) is 5.69 Å². The molecule has 0 aliphatic carbocycles. The van der Waals surface area contributed by atoms with Crippen LogP contribution in [0, 0.1) is 10.1 Å². The van der Waals surface area contributed by atoms with E-state index >= 15 is 0 Å². The lowest BCUT2D eigenvalue weighted by Crippen LogP contribution is -2.51. The van der Waals surface area contributed by atoms with E-state index in [0.29, 0.717) is 13.1 Å². The Morgan fingerprint density at radius 2 is 2.17 bits per heavy atom. The maximum absolute atomic E-state index is 12.0. The van der Waals surface area contributed by atoms with Crippen molar-refractivity contribution in [1.82, 2.24) is 10.2 Å². The van der Waals surface area contributed by atoms with Gasteiger partial charge in [-0.25, -0.2) is 9.59 Å². The summed E-state index contributed by atoms with van der Waals surface area (Å²) in [5, 5.41) is 16.0. The van der Waals surface area contributed by atoms with Crippen LogP contribution in [0.25, 0.3) is 0 Å². The number of nitrogens with two attached hydrogens (primary N) is 1. The van der Waals surface area contributed by atoms with Gasteiger partial charge < -0.3 is 21.3 Å². The van der Waals surface area contributed by atoms with Gasteiger partial charge >= 0.3 is 12.1 Å². The normalized spacial score (nSPS) is 17.4. The number of amides is 4. The predicted octanol–water partition coefficient (Wildman–Crippen LogP) is 1.91. The standard InChI is InChI=1S/C13H16ClN5O4/c14-10-6-9(19(22)23)3-4-11(10)17-13(21)16-8-2-1-5-18(7-8)12(15)20/h3-4,6,8H,1-2,5,7H2,(H2,15,20)(H2,16,17,21)/t8-/m0/s1. The van der Waals surface area contributed by atoms with E-state index in [1.807, 2.05) is 0 Å². The van der Waals surface area contributed by atoms with Crippen LogP contribution in [-0.2, 0) is 0 Å². The Morgan fingerprint density at radius 3 is 2.78 bits per heavy atom. The van der Waals surface area contributed by atoms with E-state index in [0.717, 1.165) is 18.9 Å². The summed E-state index contributed by atoms with van der Waals surface area (Å²) in [6, 6.07) is 2.53. The zero-order chi connectivity index (χ0) is 17.0. The van der Waals surface area contributed by atoms with Crippen LogP contribution < -0.4 is 16.4 Å². The molecule has 9 nitrogen and oxygen atoms in total. The topological polar surface area (TPSA) is 131 Å². The third-order valence-corrected chi connectivity index (χ3v) is 3.79. The third-order valence-electron chi connectivity index (χ3n) is 3.48. The molecule has 0 unspecified atom stereocenters. The number of nitrogens with zero attached hydrogens (tertiary/aromatic N) is 2. The number of carbonyl (C=O) groups is 2. The number of nitrogens with one attached hydrogen (secondary N) is 2. The molecule has 0 saturated carbocycles. The molecule has 0 aromatic heterocycles. The van der Waals surface area contributed by atoms with Crippen LogP contribution in [0.3, 0.4) is 0 Å². The van der Waals surface area contributed by atoms with E-state index in [1.54, 1.807) is 0 Å². The molecule has 10 heteroatoms. The van der Waals surface area contributed by atoms with Gasteiger partial charge in [-0.05, 0) is 18.9 Å². The molecule has 124 valence electrons. The van der Waals surface area contributed by atoms with Crippen molar-refractivity contribution in [2.24, 2.45) is 5.73 Å². The van der Waals surface area contributed by atoms with E-state index < -0.39 is 17.0 Å². The number of urea groups is 2. The average Bonchev–Trinajstić information content (AvgIpc) is 2.49. The summed E-state index contributed by atoms with van der Waals surface area (Å²) in [5.74, 6) is 0. The number of hydrogen-bond acceptors (Lipinski definition) is 4. The third kappa shape index (κ3) is 4.46. The molecule has 1 saturated heterocycles. The fourth-order valence-electron chi connectivity index (χ4n) is 2.36. The molecule has 23 heavy (non-hydrogen) atoms.